The summed E-state index contributed by atoms with van der Waals surface area (Å²) in [4.78, 5) is 26.4. The van der Waals surface area contributed by atoms with Crippen LogP contribution in [0.3, 0.4) is 0 Å². The largest absolute Gasteiger partial charge is 0.494 e. The maximum absolute atomic E-state index is 12.0. The zero-order chi connectivity index (χ0) is 24.5. The number of amides is 1. The van der Waals surface area contributed by atoms with Gasteiger partial charge >= 0.3 is 6.09 Å². The number of rotatable bonds is 9. The lowest BCUT2D eigenvalue weighted by Gasteiger charge is -2.10. The zero-order valence-corrected chi connectivity index (χ0v) is 19.2. The number of nitro benzene ring substituents is 1. The average Bonchev–Trinajstić information content (AvgIpc) is 2.81. The van der Waals surface area contributed by atoms with Crippen molar-refractivity contribution in [2.75, 3.05) is 6.61 Å². The molecule has 0 bridgehead atoms. The smallest absolute Gasteiger partial charge is 0.413 e. The number of hydrogen-bond donors (Lipinski definition) is 1. The van der Waals surface area contributed by atoms with E-state index in [0.717, 1.165) is 5.56 Å². The first-order valence-corrected chi connectivity index (χ1v) is 10.7. The Bertz CT molecular complexity index is 1170. The maximum Gasteiger partial charge on any atom is 0.413 e. The van der Waals surface area contributed by atoms with Gasteiger partial charge in [0.1, 0.15) is 17.2 Å². The lowest BCUT2D eigenvalue weighted by Crippen LogP contribution is -2.33. The molecule has 176 valence electrons. The van der Waals surface area contributed by atoms with E-state index in [1.165, 1.54) is 24.3 Å². The maximum atomic E-state index is 12.0. The van der Waals surface area contributed by atoms with Crippen molar-refractivity contribution < 1.29 is 23.9 Å². The molecule has 1 aromatic heterocycles. The van der Waals surface area contributed by atoms with Gasteiger partial charge in [-0.3, -0.25) is 10.1 Å². The van der Waals surface area contributed by atoms with Gasteiger partial charge < -0.3 is 19.5 Å². The number of nitro groups is 1. The van der Waals surface area contributed by atoms with Crippen LogP contribution < -0.4 is 19.5 Å². The number of aromatic nitrogens is 1. The molecular formula is C24H22ClN3O6. The third kappa shape index (κ3) is 7.21. The summed E-state index contributed by atoms with van der Waals surface area (Å²) in [5, 5.41) is 13.7. The van der Waals surface area contributed by atoms with Gasteiger partial charge in [-0.1, -0.05) is 23.8 Å². The fourth-order valence-corrected chi connectivity index (χ4v) is 2.96. The van der Waals surface area contributed by atoms with Crippen LogP contribution in [0.15, 0.2) is 66.9 Å². The van der Waals surface area contributed by atoms with E-state index >= 15 is 0 Å². The molecule has 1 N–H and O–H groups in total. The van der Waals surface area contributed by atoms with Crippen molar-refractivity contribution in [2.45, 2.75) is 19.9 Å². The fraction of sp³-hybridized carbons (Fsp3) is 0.167. The van der Waals surface area contributed by atoms with Gasteiger partial charge in [-0.2, -0.15) is 0 Å². The lowest BCUT2D eigenvalue weighted by molar-refractivity contribution is -0.384. The van der Waals surface area contributed by atoms with Gasteiger partial charge in [-0.15, -0.1) is 0 Å². The van der Waals surface area contributed by atoms with E-state index in [9.17, 15) is 14.9 Å². The van der Waals surface area contributed by atoms with Crippen LogP contribution in [0.1, 0.15) is 19.4 Å². The van der Waals surface area contributed by atoms with Crippen LogP contribution in [-0.4, -0.2) is 28.6 Å². The predicted octanol–water partition coefficient (Wildman–Crippen LogP) is 6.02. The summed E-state index contributed by atoms with van der Waals surface area (Å²) in [6.07, 6.45) is 4.49. The number of carbonyl (C=O) groups is 1. The van der Waals surface area contributed by atoms with Crippen molar-refractivity contribution in [1.29, 1.82) is 0 Å². The van der Waals surface area contributed by atoms with Crippen molar-refractivity contribution in [1.82, 2.24) is 10.3 Å². The number of hydrogen-bond acceptors (Lipinski definition) is 7. The third-order valence-electron chi connectivity index (χ3n) is 4.37. The molecule has 9 nitrogen and oxygen atoms in total. The lowest BCUT2D eigenvalue weighted by atomic mass is 10.2. The highest BCUT2D eigenvalue weighted by Crippen LogP contribution is 2.31. The number of benzene rings is 2. The van der Waals surface area contributed by atoms with Gasteiger partial charge in [-0.25, -0.2) is 9.78 Å². The Kier molecular flexibility index (Phi) is 8.42. The molecule has 0 unspecified atom stereocenters. The van der Waals surface area contributed by atoms with Gasteiger partial charge in [0, 0.05) is 36.5 Å². The minimum absolute atomic E-state index is 0.0864. The quantitative estimate of drug-likeness (QED) is 0.292. The molecule has 1 atom stereocenters. The molecule has 1 amide bonds. The van der Waals surface area contributed by atoms with Crippen LogP contribution >= 0.6 is 11.6 Å². The molecule has 0 aliphatic heterocycles. The average molecular weight is 484 g/mol. The number of pyridine rings is 1. The van der Waals surface area contributed by atoms with Gasteiger partial charge in [-0.05, 0) is 49.7 Å². The molecule has 0 fully saturated rings. The van der Waals surface area contributed by atoms with E-state index in [0.29, 0.717) is 29.0 Å². The minimum Gasteiger partial charge on any atom is -0.494 e. The zero-order valence-electron chi connectivity index (χ0n) is 18.4. The molecule has 0 saturated carbocycles. The normalized spacial score (nSPS) is 11.6. The Morgan fingerprint density at radius 1 is 1.18 bits per heavy atom. The Morgan fingerprint density at radius 2 is 1.91 bits per heavy atom. The SMILES string of the molecule is CCOc1ccc(Oc2ccc(/C=C/[C@H](C)NC(=O)Oc3ccc([N+](=O)[O-])cc3)cn2)c(Cl)c1. The van der Waals surface area contributed by atoms with E-state index in [-0.39, 0.29) is 17.5 Å². The second-order valence-corrected chi connectivity index (χ2v) is 7.40. The van der Waals surface area contributed by atoms with Crippen molar-refractivity contribution >= 4 is 29.5 Å². The summed E-state index contributed by atoms with van der Waals surface area (Å²) in [6.45, 7) is 4.21. The first kappa shape index (κ1) is 24.5. The van der Waals surface area contributed by atoms with E-state index in [2.05, 4.69) is 10.3 Å². The van der Waals surface area contributed by atoms with Crippen LogP contribution in [-0.2, 0) is 0 Å². The number of carbonyl (C=O) groups excluding carboxylic acids is 1. The number of nitrogens with one attached hydrogen (secondary N) is 1. The number of ether oxygens (including phenoxy) is 3. The standard InChI is InChI=1S/C24H22ClN3O6/c1-3-32-20-11-12-22(21(25)14-20)34-23-13-6-17(15-26-23)5-4-16(2)27-24(29)33-19-9-7-18(8-10-19)28(30)31/h4-16H,3H2,1-2H3,(H,27,29)/b5-4+/t16-/m0/s1. The van der Waals surface area contributed by atoms with E-state index in [1.54, 1.807) is 49.5 Å². The Morgan fingerprint density at radius 3 is 2.53 bits per heavy atom. The summed E-state index contributed by atoms with van der Waals surface area (Å²) in [7, 11) is 0. The highest BCUT2D eigenvalue weighted by atomic mass is 35.5. The first-order valence-electron chi connectivity index (χ1n) is 10.3. The predicted molar refractivity (Wildman–Crippen MR) is 128 cm³/mol. The number of non-ortho nitro benzene ring substituents is 1. The summed E-state index contributed by atoms with van der Waals surface area (Å²) >= 11 is 6.23. The van der Waals surface area contributed by atoms with Crippen LogP contribution in [0, 0.1) is 10.1 Å². The van der Waals surface area contributed by atoms with Crippen LogP contribution in [0.5, 0.6) is 23.1 Å². The molecule has 1 heterocycles. The Labute approximate surface area is 201 Å². The molecule has 3 rings (SSSR count). The van der Waals surface area contributed by atoms with Gasteiger partial charge in [0.05, 0.1) is 16.6 Å². The monoisotopic (exact) mass is 483 g/mol. The summed E-state index contributed by atoms with van der Waals surface area (Å²) in [5.41, 5.74) is 0.708. The van der Waals surface area contributed by atoms with Crippen molar-refractivity contribution in [3.05, 3.63) is 87.6 Å². The molecule has 0 radical (unpaired) electrons. The number of halogens is 1. The van der Waals surface area contributed by atoms with E-state index in [1.807, 2.05) is 13.0 Å². The van der Waals surface area contributed by atoms with Crippen molar-refractivity contribution in [3.8, 4) is 23.1 Å². The molecule has 0 spiro atoms. The first-order chi connectivity index (χ1) is 16.3. The number of nitrogens with zero attached hydrogens (tertiary/aromatic N) is 2. The van der Waals surface area contributed by atoms with Crippen molar-refractivity contribution in [2.24, 2.45) is 0 Å². The topological polar surface area (TPSA) is 113 Å². The van der Waals surface area contributed by atoms with E-state index in [4.69, 9.17) is 25.8 Å². The van der Waals surface area contributed by atoms with E-state index < -0.39 is 11.0 Å². The molecule has 0 saturated heterocycles. The third-order valence-corrected chi connectivity index (χ3v) is 4.66. The van der Waals surface area contributed by atoms with Crippen LogP contribution in [0.2, 0.25) is 5.02 Å². The summed E-state index contributed by atoms with van der Waals surface area (Å²) < 4.78 is 16.2. The molecule has 3 aromatic rings. The van der Waals surface area contributed by atoms with Gasteiger partial charge in [0.25, 0.3) is 5.69 Å². The van der Waals surface area contributed by atoms with Crippen molar-refractivity contribution in [3.63, 3.8) is 0 Å². The molecule has 10 heteroatoms. The molecule has 0 aliphatic carbocycles. The molecule has 0 aliphatic rings. The highest BCUT2D eigenvalue weighted by Gasteiger charge is 2.10. The second-order valence-electron chi connectivity index (χ2n) is 6.99. The summed E-state index contributed by atoms with van der Waals surface area (Å²) in [5.74, 6) is 1.70. The molecular weight excluding hydrogens is 462 g/mol. The summed E-state index contributed by atoms with van der Waals surface area (Å²) in [6, 6.07) is 13.6. The Hall–Kier alpha value is -4.11. The minimum atomic E-state index is -0.680. The second kappa shape index (κ2) is 11.7. The fourth-order valence-electron chi connectivity index (χ4n) is 2.75. The van der Waals surface area contributed by atoms with Gasteiger partial charge in [0.2, 0.25) is 5.88 Å². The molecule has 2 aromatic carbocycles. The van der Waals surface area contributed by atoms with Gasteiger partial charge in [0.15, 0.2) is 0 Å². The van der Waals surface area contributed by atoms with Crippen LogP contribution in [0.4, 0.5) is 10.5 Å². The Balaban J connectivity index is 1.51. The highest BCUT2D eigenvalue weighted by molar-refractivity contribution is 6.32. The molecule has 34 heavy (non-hydrogen) atoms. The van der Waals surface area contributed by atoms with Crippen LogP contribution in [0.25, 0.3) is 6.08 Å².